The number of hydrogen-bond donors (Lipinski definition) is 0. The Morgan fingerprint density at radius 3 is 2.61 bits per heavy atom. The van der Waals surface area contributed by atoms with Crippen molar-refractivity contribution in [1.29, 1.82) is 0 Å². The zero-order valence-electron chi connectivity index (χ0n) is 19.2. The molecule has 14 heteroatoms. The molecule has 3 aromatic heterocycles. The summed E-state index contributed by atoms with van der Waals surface area (Å²) in [7, 11) is 1.37. The van der Waals surface area contributed by atoms with Crippen LogP contribution in [0.1, 0.15) is 25.0 Å². The van der Waals surface area contributed by atoms with Crippen LogP contribution < -0.4 is 14.5 Å². The minimum atomic E-state index is -4.60. The minimum Gasteiger partial charge on any atom is -0.478 e. The van der Waals surface area contributed by atoms with Crippen LogP contribution >= 0.6 is 0 Å². The van der Waals surface area contributed by atoms with Gasteiger partial charge in [0.25, 0.3) is 12.3 Å². The summed E-state index contributed by atoms with van der Waals surface area (Å²) in [6.07, 6.45) is -3.21. The third kappa shape index (κ3) is 4.39. The number of aromatic nitrogens is 5. The first kappa shape index (κ1) is 24.1. The number of ether oxygens (including phenoxy) is 1. The molecule has 0 aromatic carbocycles. The lowest BCUT2D eigenvalue weighted by Crippen LogP contribution is -2.42. The number of amides is 1. The van der Waals surface area contributed by atoms with Crippen molar-refractivity contribution in [3.05, 3.63) is 30.2 Å². The Kier molecular flexibility index (Phi) is 5.91. The minimum absolute atomic E-state index is 0.108. The molecule has 5 heterocycles. The third-order valence-electron chi connectivity index (χ3n) is 6.72. The summed E-state index contributed by atoms with van der Waals surface area (Å²) in [6, 6.07) is 2.30. The normalized spacial score (nSPS) is 18.1. The maximum atomic E-state index is 13.1. The smallest absolute Gasteiger partial charge is 0.433 e. The lowest BCUT2D eigenvalue weighted by molar-refractivity contribution is -0.141. The molecule has 1 spiro atoms. The number of nitrogens with zero attached hydrogens (tertiary/aromatic N) is 7. The first-order chi connectivity index (χ1) is 17.1. The van der Waals surface area contributed by atoms with E-state index in [9.17, 15) is 26.7 Å². The Labute approximate surface area is 201 Å². The van der Waals surface area contributed by atoms with Crippen molar-refractivity contribution in [2.24, 2.45) is 5.41 Å². The van der Waals surface area contributed by atoms with E-state index in [2.05, 4.69) is 20.1 Å². The van der Waals surface area contributed by atoms with Gasteiger partial charge in [0.15, 0.2) is 11.2 Å². The summed E-state index contributed by atoms with van der Waals surface area (Å²) in [6.45, 7) is 0.700. The van der Waals surface area contributed by atoms with Crippen LogP contribution in [0, 0.1) is 5.41 Å². The molecule has 36 heavy (non-hydrogen) atoms. The molecule has 0 bridgehead atoms. The number of halogens is 5. The van der Waals surface area contributed by atoms with Gasteiger partial charge in [-0.05, 0) is 25.0 Å². The van der Waals surface area contributed by atoms with Crippen LogP contribution in [0.3, 0.4) is 0 Å². The van der Waals surface area contributed by atoms with Crippen molar-refractivity contribution < 1.29 is 31.5 Å². The maximum Gasteiger partial charge on any atom is 0.433 e. The standard InChI is InChI=1S/C22H22F5N7O2/c1-36-20-18-19(34(31-20)11-15(23)24)30-16(10-29-18)32-6-3-21(4-7-32)9-17(35)33(12-21)13-2-5-28-14(8-13)22(25,26)27/h2,5,8,10,15H,3-4,6-7,9,11-12H2,1H3. The third-order valence-corrected chi connectivity index (χ3v) is 6.72. The maximum absolute atomic E-state index is 13.1. The number of carbonyl (C=O) groups is 1. The van der Waals surface area contributed by atoms with Crippen LogP contribution in [-0.4, -0.2) is 63.8 Å². The molecule has 5 rings (SSSR count). The monoisotopic (exact) mass is 511 g/mol. The number of rotatable bonds is 5. The second kappa shape index (κ2) is 8.82. The van der Waals surface area contributed by atoms with E-state index in [-0.39, 0.29) is 40.5 Å². The van der Waals surface area contributed by atoms with Gasteiger partial charge in [0.2, 0.25) is 5.91 Å². The number of alkyl halides is 5. The van der Waals surface area contributed by atoms with E-state index in [4.69, 9.17) is 4.74 Å². The fraction of sp³-hybridized carbons (Fsp3) is 0.500. The van der Waals surface area contributed by atoms with Gasteiger partial charge in [-0.15, -0.1) is 5.10 Å². The Balaban J connectivity index is 1.32. The van der Waals surface area contributed by atoms with Crippen LogP contribution in [0.25, 0.3) is 11.2 Å². The summed E-state index contributed by atoms with van der Waals surface area (Å²) in [4.78, 5) is 28.3. The zero-order valence-corrected chi connectivity index (χ0v) is 19.2. The van der Waals surface area contributed by atoms with Gasteiger partial charge < -0.3 is 14.5 Å². The second-order valence-corrected chi connectivity index (χ2v) is 9.02. The Morgan fingerprint density at radius 2 is 1.94 bits per heavy atom. The van der Waals surface area contributed by atoms with Gasteiger partial charge >= 0.3 is 6.18 Å². The molecule has 0 aliphatic carbocycles. The zero-order chi connectivity index (χ0) is 25.7. The van der Waals surface area contributed by atoms with E-state index in [1.54, 1.807) is 0 Å². The molecule has 3 aromatic rings. The SMILES string of the molecule is COc1nn(CC(F)F)c2nc(N3CCC4(CC3)CC(=O)N(c3ccnc(C(F)(F)F)c3)C4)cnc12. The molecule has 2 fully saturated rings. The summed E-state index contributed by atoms with van der Waals surface area (Å²) in [5.74, 6) is 0.365. The fourth-order valence-electron chi connectivity index (χ4n) is 4.87. The van der Waals surface area contributed by atoms with Crippen molar-refractivity contribution >= 4 is 28.6 Å². The summed E-state index contributed by atoms with van der Waals surface area (Å²) in [5, 5.41) is 4.01. The van der Waals surface area contributed by atoms with Gasteiger partial charge in [-0.25, -0.2) is 23.4 Å². The molecule has 2 saturated heterocycles. The molecule has 0 unspecified atom stereocenters. The molecule has 9 nitrogen and oxygen atoms in total. The quantitative estimate of drug-likeness (QED) is 0.484. The number of fused-ring (bicyclic) bond motifs is 1. The van der Waals surface area contributed by atoms with E-state index >= 15 is 0 Å². The van der Waals surface area contributed by atoms with Crippen molar-refractivity contribution in [2.75, 3.05) is 36.5 Å². The first-order valence-electron chi connectivity index (χ1n) is 11.2. The van der Waals surface area contributed by atoms with E-state index in [1.807, 2.05) is 4.90 Å². The van der Waals surface area contributed by atoms with Crippen LogP contribution in [0.5, 0.6) is 5.88 Å². The molecule has 0 radical (unpaired) electrons. The largest absolute Gasteiger partial charge is 0.478 e. The van der Waals surface area contributed by atoms with Gasteiger partial charge in [0.1, 0.15) is 18.1 Å². The number of pyridine rings is 1. The van der Waals surface area contributed by atoms with Crippen LogP contribution in [0.4, 0.5) is 33.5 Å². The fourth-order valence-corrected chi connectivity index (χ4v) is 4.87. The van der Waals surface area contributed by atoms with Crippen molar-refractivity contribution in [2.45, 2.75) is 38.4 Å². The van der Waals surface area contributed by atoms with Crippen molar-refractivity contribution in [3.8, 4) is 5.88 Å². The number of anilines is 2. The predicted octanol–water partition coefficient (Wildman–Crippen LogP) is 3.54. The highest BCUT2D eigenvalue weighted by molar-refractivity contribution is 5.96. The highest BCUT2D eigenvalue weighted by Gasteiger charge is 2.46. The number of methoxy groups -OCH3 is 1. The van der Waals surface area contributed by atoms with E-state index in [1.165, 1.54) is 24.3 Å². The predicted molar refractivity (Wildman–Crippen MR) is 118 cm³/mol. The van der Waals surface area contributed by atoms with E-state index in [0.29, 0.717) is 38.3 Å². The average molecular weight is 511 g/mol. The average Bonchev–Trinajstić information content (AvgIpc) is 3.35. The molecule has 0 atom stereocenters. The molecule has 2 aliphatic heterocycles. The lowest BCUT2D eigenvalue weighted by atomic mass is 9.77. The molecule has 1 amide bonds. The number of hydrogen-bond acceptors (Lipinski definition) is 7. The van der Waals surface area contributed by atoms with Gasteiger partial charge in [0.05, 0.1) is 13.3 Å². The highest BCUT2D eigenvalue weighted by Crippen LogP contribution is 2.44. The van der Waals surface area contributed by atoms with Gasteiger partial charge in [-0.2, -0.15) is 13.2 Å². The van der Waals surface area contributed by atoms with Gasteiger partial charge in [-0.1, -0.05) is 0 Å². The summed E-state index contributed by atoms with van der Waals surface area (Å²) in [5.41, 5.74) is -0.777. The highest BCUT2D eigenvalue weighted by atomic mass is 19.4. The summed E-state index contributed by atoms with van der Waals surface area (Å²) >= 11 is 0. The van der Waals surface area contributed by atoms with Crippen LogP contribution in [-0.2, 0) is 17.5 Å². The Bertz CT molecular complexity index is 1290. The topological polar surface area (TPSA) is 89.3 Å². The molecule has 0 N–H and O–H groups in total. The Morgan fingerprint density at radius 1 is 1.19 bits per heavy atom. The van der Waals surface area contributed by atoms with Crippen molar-refractivity contribution in [3.63, 3.8) is 0 Å². The second-order valence-electron chi connectivity index (χ2n) is 9.02. The van der Waals surface area contributed by atoms with Crippen LogP contribution in [0.2, 0.25) is 0 Å². The van der Waals surface area contributed by atoms with Gasteiger partial charge in [0, 0.05) is 43.4 Å². The lowest BCUT2D eigenvalue weighted by Gasteiger charge is -2.39. The van der Waals surface area contributed by atoms with Crippen molar-refractivity contribution in [1.82, 2.24) is 24.7 Å². The van der Waals surface area contributed by atoms with E-state index in [0.717, 1.165) is 16.9 Å². The van der Waals surface area contributed by atoms with Crippen LogP contribution in [0.15, 0.2) is 24.5 Å². The molecular weight excluding hydrogens is 489 g/mol. The molecular formula is C22H22F5N7O2. The van der Waals surface area contributed by atoms with E-state index < -0.39 is 24.8 Å². The number of piperidine rings is 1. The molecule has 0 saturated carbocycles. The number of carbonyl (C=O) groups excluding carboxylic acids is 1. The Hall–Kier alpha value is -3.58. The van der Waals surface area contributed by atoms with Gasteiger partial charge in [-0.3, -0.25) is 9.78 Å². The molecule has 192 valence electrons. The molecule has 2 aliphatic rings. The first-order valence-corrected chi connectivity index (χ1v) is 11.2. The summed E-state index contributed by atoms with van der Waals surface area (Å²) < 4.78 is 71.4.